The third kappa shape index (κ3) is 3.19. The molecule has 1 aliphatic rings. The molecule has 17 heavy (non-hydrogen) atoms. The summed E-state index contributed by atoms with van der Waals surface area (Å²) in [6.07, 6.45) is 0.746. The van der Waals surface area contributed by atoms with Gasteiger partial charge in [0.1, 0.15) is 11.0 Å². The molecular formula is C10H13Cl2N3O2. The zero-order valence-corrected chi connectivity index (χ0v) is 10.7. The van der Waals surface area contributed by atoms with Crippen LogP contribution in [0.2, 0.25) is 10.4 Å². The smallest absolute Gasteiger partial charge is 0.225 e. The Bertz CT molecular complexity index is 372. The topological polar surface area (TPSA) is 58.5 Å². The average Bonchev–Trinajstić information content (AvgIpc) is 2.52. The van der Waals surface area contributed by atoms with E-state index in [0.29, 0.717) is 30.7 Å². The number of aromatic nitrogens is 2. The fraction of sp³-hybridized carbons (Fsp3) is 0.600. The third-order valence-corrected chi connectivity index (χ3v) is 3.03. The molecule has 0 radical (unpaired) electrons. The Balaban J connectivity index is 2.27. The van der Waals surface area contributed by atoms with Gasteiger partial charge in [0.2, 0.25) is 5.28 Å². The summed E-state index contributed by atoms with van der Waals surface area (Å²) >= 11 is 11.6. The van der Waals surface area contributed by atoms with Crippen molar-refractivity contribution >= 4 is 29.0 Å². The van der Waals surface area contributed by atoms with Crippen LogP contribution in [0, 0.1) is 0 Å². The van der Waals surface area contributed by atoms with Crippen molar-refractivity contribution in [2.45, 2.75) is 12.5 Å². The molecule has 1 saturated heterocycles. The van der Waals surface area contributed by atoms with Gasteiger partial charge < -0.3 is 14.7 Å². The first kappa shape index (κ1) is 12.8. The maximum atomic E-state index is 9.38. The van der Waals surface area contributed by atoms with E-state index in [9.17, 15) is 5.11 Å². The minimum atomic E-state index is -0.0282. The minimum Gasteiger partial charge on any atom is -0.394 e. The van der Waals surface area contributed by atoms with Crippen molar-refractivity contribution in [3.63, 3.8) is 0 Å². The van der Waals surface area contributed by atoms with Crippen LogP contribution in [0.15, 0.2) is 6.07 Å². The van der Waals surface area contributed by atoms with Gasteiger partial charge in [0.25, 0.3) is 0 Å². The molecular weight excluding hydrogens is 265 g/mol. The number of nitrogens with zero attached hydrogens (tertiary/aromatic N) is 3. The quantitative estimate of drug-likeness (QED) is 0.654. The fourth-order valence-electron chi connectivity index (χ4n) is 1.84. The summed E-state index contributed by atoms with van der Waals surface area (Å²) in [6.45, 7) is 1.92. The lowest BCUT2D eigenvalue weighted by Crippen LogP contribution is -2.39. The van der Waals surface area contributed by atoms with E-state index in [2.05, 4.69) is 9.97 Å². The van der Waals surface area contributed by atoms with Gasteiger partial charge in [0.15, 0.2) is 0 Å². The first-order valence-electron chi connectivity index (χ1n) is 5.36. The number of anilines is 1. The zero-order chi connectivity index (χ0) is 12.3. The van der Waals surface area contributed by atoms with E-state index in [1.165, 1.54) is 0 Å². The molecule has 0 aromatic carbocycles. The minimum absolute atomic E-state index is 0.0282. The van der Waals surface area contributed by atoms with Gasteiger partial charge in [-0.15, -0.1) is 0 Å². The Hall–Kier alpha value is -0.620. The summed E-state index contributed by atoms with van der Waals surface area (Å²) < 4.78 is 5.38. The predicted molar refractivity (Wildman–Crippen MR) is 65.7 cm³/mol. The molecule has 0 bridgehead atoms. The summed E-state index contributed by atoms with van der Waals surface area (Å²) in [7, 11) is 0. The highest BCUT2D eigenvalue weighted by molar-refractivity contribution is 6.32. The Morgan fingerprint density at radius 3 is 2.94 bits per heavy atom. The van der Waals surface area contributed by atoms with Crippen LogP contribution in [-0.4, -0.2) is 47.5 Å². The lowest BCUT2D eigenvalue weighted by molar-refractivity contribution is 0.146. The lowest BCUT2D eigenvalue weighted by Gasteiger charge is -2.28. The van der Waals surface area contributed by atoms with Gasteiger partial charge in [-0.05, 0) is 18.0 Å². The first-order chi connectivity index (χ1) is 8.20. The van der Waals surface area contributed by atoms with Crippen molar-refractivity contribution in [2.24, 2.45) is 0 Å². The number of aliphatic hydroxyl groups excluding tert-OH is 1. The molecule has 7 heteroatoms. The molecule has 2 rings (SSSR count). The van der Waals surface area contributed by atoms with E-state index in [4.69, 9.17) is 27.9 Å². The highest BCUT2D eigenvalue weighted by Gasteiger charge is 2.22. The van der Waals surface area contributed by atoms with Gasteiger partial charge in [-0.2, -0.15) is 0 Å². The van der Waals surface area contributed by atoms with Gasteiger partial charge >= 0.3 is 0 Å². The van der Waals surface area contributed by atoms with Crippen LogP contribution in [0.1, 0.15) is 6.42 Å². The van der Waals surface area contributed by atoms with E-state index in [1.807, 2.05) is 4.90 Å². The van der Waals surface area contributed by atoms with E-state index < -0.39 is 0 Å². The second kappa shape index (κ2) is 5.82. The van der Waals surface area contributed by atoms with Crippen molar-refractivity contribution < 1.29 is 9.84 Å². The van der Waals surface area contributed by atoms with Crippen molar-refractivity contribution in [3.05, 3.63) is 16.5 Å². The number of aliphatic hydroxyl groups is 1. The molecule has 5 nitrogen and oxygen atoms in total. The molecule has 94 valence electrons. The molecule has 0 spiro atoms. The third-order valence-electron chi connectivity index (χ3n) is 2.67. The highest BCUT2D eigenvalue weighted by Crippen LogP contribution is 2.22. The van der Waals surface area contributed by atoms with Crippen LogP contribution in [0.4, 0.5) is 5.82 Å². The van der Waals surface area contributed by atoms with Crippen LogP contribution in [-0.2, 0) is 4.74 Å². The summed E-state index contributed by atoms with van der Waals surface area (Å²) in [5.74, 6) is 0.625. The molecule has 1 aromatic rings. The van der Waals surface area contributed by atoms with E-state index in [-0.39, 0.29) is 17.9 Å². The summed E-state index contributed by atoms with van der Waals surface area (Å²) in [5, 5.41) is 9.78. The van der Waals surface area contributed by atoms with E-state index in [0.717, 1.165) is 6.42 Å². The molecule has 0 aliphatic carbocycles. The van der Waals surface area contributed by atoms with E-state index >= 15 is 0 Å². The number of halogens is 2. The van der Waals surface area contributed by atoms with Gasteiger partial charge in [-0.3, -0.25) is 0 Å². The van der Waals surface area contributed by atoms with Gasteiger partial charge in [0.05, 0.1) is 19.3 Å². The zero-order valence-electron chi connectivity index (χ0n) is 9.14. The van der Waals surface area contributed by atoms with E-state index in [1.54, 1.807) is 6.07 Å². The van der Waals surface area contributed by atoms with Crippen molar-refractivity contribution in [1.29, 1.82) is 0 Å². The average molecular weight is 278 g/mol. The number of hydrogen-bond donors (Lipinski definition) is 1. The summed E-state index contributed by atoms with van der Waals surface area (Å²) in [6, 6.07) is 1.61. The standard InChI is InChI=1S/C10H13Cl2N3O2/c11-8-5-9(14-10(12)13-8)15-2-4-17-3-1-7(15)6-16/h5,7,16H,1-4,6H2. The summed E-state index contributed by atoms with van der Waals surface area (Å²) in [5.41, 5.74) is 0. The van der Waals surface area contributed by atoms with Crippen LogP contribution in [0.5, 0.6) is 0 Å². The number of rotatable bonds is 2. The number of hydrogen-bond acceptors (Lipinski definition) is 5. The molecule has 1 aliphatic heterocycles. The predicted octanol–water partition coefficient (Wildman–Crippen LogP) is 1.37. The maximum Gasteiger partial charge on any atom is 0.225 e. The van der Waals surface area contributed by atoms with Gasteiger partial charge in [-0.25, -0.2) is 9.97 Å². The van der Waals surface area contributed by atoms with Crippen LogP contribution >= 0.6 is 23.2 Å². The first-order valence-corrected chi connectivity index (χ1v) is 6.11. The maximum absolute atomic E-state index is 9.38. The number of ether oxygens (including phenoxy) is 1. The second-order valence-corrected chi connectivity index (χ2v) is 4.47. The molecule has 1 aromatic heterocycles. The Labute approximate surface area is 109 Å². The largest absolute Gasteiger partial charge is 0.394 e. The van der Waals surface area contributed by atoms with Gasteiger partial charge in [0, 0.05) is 19.2 Å². The monoisotopic (exact) mass is 277 g/mol. The summed E-state index contributed by atoms with van der Waals surface area (Å²) in [4.78, 5) is 9.88. The highest BCUT2D eigenvalue weighted by atomic mass is 35.5. The molecule has 0 amide bonds. The molecule has 1 fully saturated rings. The van der Waals surface area contributed by atoms with Crippen LogP contribution in [0.3, 0.4) is 0 Å². The molecule has 1 unspecified atom stereocenters. The van der Waals surface area contributed by atoms with Crippen LogP contribution in [0.25, 0.3) is 0 Å². The normalized spacial score (nSPS) is 21.4. The molecule has 1 atom stereocenters. The lowest BCUT2D eigenvalue weighted by atomic mass is 10.2. The Morgan fingerprint density at radius 1 is 1.41 bits per heavy atom. The Morgan fingerprint density at radius 2 is 2.24 bits per heavy atom. The molecule has 2 heterocycles. The Kier molecular flexibility index (Phi) is 4.39. The second-order valence-electron chi connectivity index (χ2n) is 3.75. The van der Waals surface area contributed by atoms with Crippen LogP contribution < -0.4 is 4.90 Å². The van der Waals surface area contributed by atoms with Crippen molar-refractivity contribution in [3.8, 4) is 0 Å². The van der Waals surface area contributed by atoms with Gasteiger partial charge in [-0.1, -0.05) is 11.6 Å². The molecule has 0 saturated carbocycles. The van der Waals surface area contributed by atoms with Crippen molar-refractivity contribution in [2.75, 3.05) is 31.3 Å². The SMILES string of the molecule is OCC1CCOCCN1c1cc(Cl)nc(Cl)n1. The van der Waals surface area contributed by atoms with Crippen molar-refractivity contribution in [1.82, 2.24) is 9.97 Å². The molecule has 1 N–H and O–H groups in total. The fourth-order valence-corrected chi connectivity index (χ4v) is 2.24.